The zero-order valence-corrected chi connectivity index (χ0v) is 14.3. The van der Waals surface area contributed by atoms with Crippen LogP contribution in [0.25, 0.3) is 0 Å². The minimum atomic E-state index is -0.541. The summed E-state index contributed by atoms with van der Waals surface area (Å²) >= 11 is 0. The molecule has 3 amide bonds. The summed E-state index contributed by atoms with van der Waals surface area (Å²) in [4.78, 5) is 27.5. The molecule has 2 aliphatic heterocycles. The topological polar surface area (TPSA) is 85.1 Å². The van der Waals surface area contributed by atoms with E-state index >= 15 is 0 Å². The van der Waals surface area contributed by atoms with E-state index in [4.69, 9.17) is 15.2 Å². The summed E-state index contributed by atoms with van der Waals surface area (Å²) in [6, 6.07) is 14.6. The lowest BCUT2D eigenvalue weighted by molar-refractivity contribution is -0.118. The summed E-state index contributed by atoms with van der Waals surface area (Å²) in [6.07, 6.45) is -0.334. The molecule has 2 aliphatic rings. The van der Waals surface area contributed by atoms with Crippen molar-refractivity contribution < 1.29 is 19.1 Å². The van der Waals surface area contributed by atoms with Crippen molar-refractivity contribution >= 4 is 17.6 Å². The maximum atomic E-state index is 13.0. The monoisotopic (exact) mass is 353 g/mol. The van der Waals surface area contributed by atoms with Gasteiger partial charge in [-0.2, -0.15) is 0 Å². The normalized spacial score (nSPS) is 21.0. The third kappa shape index (κ3) is 2.61. The standard InChI is InChI=1S/C19H19N3O4/c1-25-13-7-8-16-14(9-13)22-15(10-21(19(22)24)11-17(20)23)18(26-16)12-5-3-2-4-6-12/h2-9,15,18H,10-11H2,1H3,(H2,20,23). The number of methoxy groups -OCH3 is 1. The minimum absolute atomic E-state index is 0.118. The molecule has 0 bridgehead atoms. The highest BCUT2D eigenvalue weighted by molar-refractivity contribution is 5.99. The van der Waals surface area contributed by atoms with Crippen LogP contribution < -0.4 is 20.1 Å². The number of urea groups is 1. The highest BCUT2D eigenvalue weighted by atomic mass is 16.5. The van der Waals surface area contributed by atoms with Gasteiger partial charge in [-0.15, -0.1) is 0 Å². The van der Waals surface area contributed by atoms with Crippen molar-refractivity contribution in [2.24, 2.45) is 5.73 Å². The van der Waals surface area contributed by atoms with Crippen LogP contribution >= 0.6 is 0 Å². The van der Waals surface area contributed by atoms with Gasteiger partial charge in [-0.05, 0) is 17.7 Å². The molecule has 0 aromatic heterocycles. The molecule has 1 saturated heterocycles. The summed E-state index contributed by atoms with van der Waals surface area (Å²) in [6.45, 7) is 0.241. The molecule has 2 aromatic rings. The third-order valence-corrected chi connectivity index (χ3v) is 4.72. The third-order valence-electron chi connectivity index (χ3n) is 4.72. The van der Waals surface area contributed by atoms with Gasteiger partial charge < -0.3 is 20.1 Å². The van der Waals surface area contributed by atoms with Crippen molar-refractivity contribution in [3.63, 3.8) is 0 Å². The first-order valence-corrected chi connectivity index (χ1v) is 8.34. The highest BCUT2D eigenvalue weighted by Gasteiger charge is 2.48. The van der Waals surface area contributed by atoms with E-state index in [1.54, 1.807) is 30.2 Å². The Morgan fingerprint density at radius 3 is 2.73 bits per heavy atom. The molecule has 26 heavy (non-hydrogen) atoms. The van der Waals surface area contributed by atoms with Crippen molar-refractivity contribution in [2.45, 2.75) is 12.1 Å². The van der Waals surface area contributed by atoms with E-state index in [1.165, 1.54) is 4.90 Å². The van der Waals surface area contributed by atoms with Crippen molar-refractivity contribution in [2.75, 3.05) is 25.1 Å². The van der Waals surface area contributed by atoms with Crippen LogP contribution in [0.1, 0.15) is 11.7 Å². The summed E-state index contributed by atoms with van der Waals surface area (Å²) in [5.74, 6) is 0.692. The van der Waals surface area contributed by atoms with Crippen LogP contribution in [0.3, 0.4) is 0 Å². The number of carbonyl (C=O) groups excluding carboxylic acids is 2. The molecule has 2 aromatic carbocycles. The van der Waals surface area contributed by atoms with Crippen LogP contribution in [-0.4, -0.2) is 43.1 Å². The van der Waals surface area contributed by atoms with E-state index in [9.17, 15) is 9.59 Å². The van der Waals surface area contributed by atoms with E-state index in [1.807, 2.05) is 30.3 Å². The Morgan fingerprint density at radius 1 is 1.27 bits per heavy atom. The molecule has 134 valence electrons. The van der Waals surface area contributed by atoms with Gasteiger partial charge >= 0.3 is 6.03 Å². The second-order valence-electron chi connectivity index (χ2n) is 6.35. The first-order valence-electron chi connectivity index (χ1n) is 8.34. The molecule has 2 N–H and O–H groups in total. The number of ether oxygens (including phenoxy) is 2. The largest absolute Gasteiger partial charge is 0.497 e. The molecule has 0 radical (unpaired) electrons. The predicted octanol–water partition coefficient (Wildman–Crippen LogP) is 1.92. The zero-order chi connectivity index (χ0) is 18.3. The lowest BCUT2D eigenvalue weighted by Crippen LogP contribution is -2.44. The number of rotatable bonds is 4. The van der Waals surface area contributed by atoms with Gasteiger partial charge in [-0.3, -0.25) is 9.69 Å². The first-order chi connectivity index (χ1) is 12.6. The zero-order valence-electron chi connectivity index (χ0n) is 14.3. The molecule has 0 spiro atoms. The Morgan fingerprint density at radius 2 is 2.04 bits per heavy atom. The summed E-state index contributed by atoms with van der Waals surface area (Å²) in [5.41, 5.74) is 6.91. The number of primary amides is 1. The summed E-state index contributed by atoms with van der Waals surface area (Å²) in [5, 5.41) is 0. The van der Waals surface area contributed by atoms with Crippen LogP contribution in [0.2, 0.25) is 0 Å². The molecule has 0 saturated carbocycles. The van der Waals surface area contributed by atoms with Crippen molar-refractivity contribution in [1.29, 1.82) is 0 Å². The van der Waals surface area contributed by atoms with Gasteiger partial charge in [0.1, 0.15) is 24.1 Å². The van der Waals surface area contributed by atoms with Gasteiger partial charge in [0.05, 0.1) is 18.8 Å². The number of nitrogens with zero attached hydrogens (tertiary/aromatic N) is 2. The van der Waals surface area contributed by atoms with Gasteiger partial charge in [0, 0.05) is 12.6 Å². The van der Waals surface area contributed by atoms with E-state index in [0.717, 1.165) is 5.56 Å². The van der Waals surface area contributed by atoms with Crippen LogP contribution in [-0.2, 0) is 4.79 Å². The van der Waals surface area contributed by atoms with Crippen molar-refractivity contribution in [3.05, 3.63) is 54.1 Å². The van der Waals surface area contributed by atoms with Crippen LogP contribution in [0.4, 0.5) is 10.5 Å². The fourth-order valence-corrected chi connectivity index (χ4v) is 3.57. The molecule has 1 fully saturated rings. The van der Waals surface area contributed by atoms with E-state index < -0.39 is 5.91 Å². The number of benzene rings is 2. The number of fused-ring (bicyclic) bond motifs is 3. The molecule has 2 atom stereocenters. The lowest BCUT2D eigenvalue weighted by Gasteiger charge is -2.37. The number of nitrogens with two attached hydrogens (primary N) is 1. The lowest BCUT2D eigenvalue weighted by atomic mass is 9.99. The number of anilines is 1. The molecule has 7 heteroatoms. The SMILES string of the molecule is COc1ccc2c(c1)N1C(=O)N(CC(N)=O)CC1C(c1ccccc1)O2. The van der Waals surface area contributed by atoms with Crippen LogP contribution in [0.5, 0.6) is 11.5 Å². The molecule has 0 aliphatic carbocycles. The van der Waals surface area contributed by atoms with Gasteiger partial charge in [0.2, 0.25) is 5.91 Å². The molecule has 4 rings (SSSR count). The maximum absolute atomic E-state index is 13.0. The predicted molar refractivity (Wildman–Crippen MR) is 95.2 cm³/mol. The average molecular weight is 353 g/mol. The first kappa shape index (κ1) is 16.3. The second-order valence-corrected chi connectivity index (χ2v) is 6.35. The van der Waals surface area contributed by atoms with Gasteiger partial charge in [-0.1, -0.05) is 30.3 Å². The smallest absolute Gasteiger partial charge is 0.325 e. The Kier molecular flexibility index (Phi) is 3.91. The van der Waals surface area contributed by atoms with Gasteiger partial charge in [0.15, 0.2) is 0 Å². The highest BCUT2D eigenvalue weighted by Crippen LogP contribution is 2.46. The van der Waals surface area contributed by atoms with E-state index in [2.05, 4.69) is 0 Å². The summed E-state index contributed by atoms with van der Waals surface area (Å²) < 4.78 is 11.5. The minimum Gasteiger partial charge on any atom is -0.497 e. The molecule has 7 nitrogen and oxygen atoms in total. The molecular formula is C19H19N3O4. The quantitative estimate of drug-likeness (QED) is 0.910. The fourth-order valence-electron chi connectivity index (χ4n) is 3.57. The fraction of sp³-hybridized carbons (Fsp3) is 0.263. The number of carbonyl (C=O) groups is 2. The van der Waals surface area contributed by atoms with Gasteiger partial charge in [0.25, 0.3) is 0 Å². The number of amides is 3. The van der Waals surface area contributed by atoms with Crippen LogP contribution in [0, 0.1) is 0 Å². The number of hydrogen-bond acceptors (Lipinski definition) is 4. The number of hydrogen-bond donors (Lipinski definition) is 1. The van der Waals surface area contributed by atoms with Gasteiger partial charge in [-0.25, -0.2) is 4.79 Å². The Bertz CT molecular complexity index is 855. The summed E-state index contributed by atoms with van der Waals surface area (Å²) in [7, 11) is 1.57. The van der Waals surface area contributed by atoms with E-state index in [0.29, 0.717) is 23.7 Å². The molecule has 2 heterocycles. The Balaban J connectivity index is 1.79. The van der Waals surface area contributed by atoms with Crippen molar-refractivity contribution in [1.82, 2.24) is 4.90 Å². The average Bonchev–Trinajstić information content (AvgIpc) is 2.97. The molecular weight excluding hydrogens is 334 g/mol. The van der Waals surface area contributed by atoms with E-state index in [-0.39, 0.29) is 24.7 Å². The Labute approximate surface area is 150 Å². The maximum Gasteiger partial charge on any atom is 0.325 e. The second kappa shape index (κ2) is 6.25. The molecule has 2 unspecified atom stereocenters. The van der Waals surface area contributed by atoms with Crippen molar-refractivity contribution in [3.8, 4) is 11.5 Å². The van der Waals surface area contributed by atoms with Crippen LogP contribution in [0.15, 0.2) is 48.5 Å². The Hall–Kier alpha value is -3.22.